The van der Waals surface area contributed by atoms with Crippen LogP contribution in [0, 0.1) is 11.3 Å². The Morgan fingerprint density at radius 2 is 1.76 bits per heavy atom. The van der Waals surface area contributed by atoms with Crippen molar-refractivity contribution in [3.05, 3.63) is 53.2 Å². The maximum absolute atomic E-state index is 12.9. The molecule has 1 atom stereocenters. The second-order valence-electron chi connectivity index (χ2n) is 10.4. The lowest BCUT2D eigenvalue weighted by Crippen LogP contribution is -2.54. The van der Waals surface area contributed by atoms with E-state index in [2.05, 4.69) is 22.8 Å². The van der Waals surface area contributed by atoms with Gasteiger partial charge in [0.15, 0.2) is 0 Å². The van der Waals surface area contributed by atoms with Crippen molar-refractivity contribution in [2.75, 3.05) is 69.3 Å². The summed E-state index contributed by atoms with van der Waals surface area (Å²) in [5.41, 5.74) is 3.37. The molecule has 2 aromatic rings. The number of rotatable bonds is 7. The monoisotopic (exact) mass is 516 g/mol. The van der Waals surface area contributed by atoms with Crippen molar-refractivity contribution in [1.82, 2.24) is 14.8 Å². The molecule has 1 unspecified atom stereocenters. The maximum Gasteiger partial charge on any atom is 0.253 e. The zero-order valence-corrected chi connectivity index (χ0v) is 22.3. The van der Waals surface area contributed by atoms with Crippen molar-refractivity contribution in [2.45, 2.75) is 38.1 Å². The molecule has 3 aliphatic rings. The fraction of sp³-hybridized carbons (Fsp3) is 0.517. The molecule has 9 nitrogen and oxygen atoms in total. The normalized spacial score (nSPS) is 19.9. The molecule has 1 aromatic carbocycles. The van der Waals surface area contributed by atoms with Crippen LogP contribution in [0.1, 0.15) is 53.7 Å². The van der Waals surface area contributed by atoms with Crippen LogP contribution in [0.3, 0.4) is 0 Å². The number of amides is 2. The van der Waals surface area contributed by atoms with Crippen LogP contribution in [-0.4, -0.2) is 92.2 Å². The number of ether oxygens (including phenoxy) is 1. The third-order valence-electron chi connectivity index (χ3n) is 7.79. The van der Waals surface area contributed by atoms with Gasteiger partial charge in [-0.3, -0.25) is 9.59 Å². The Kier molecular flexibility index (Phi) is 7.79. The molecule has 1 aromatic heterocycles. The lowest BCUT2D eigenvalue weighted by atomic mass is 10.1. The Bertz CT molecular complexity index is 1200. The molecule has 1 aliphatic carbocycles. The number of piperazine rings is 2. The molecule has 3 fully saturated rings. The van der Waals surface area contributed by atoms with Crippen molar-refractivity contribution in [3.8, 4) is 6.07 Å². The standard InChI is InChI=1S/C29H36N6O3/c1-21-20-34(15-16-35(21)26(36)10-17-38-2)28-24(19-30)18-25(27(31-28)22-8-9-22)32-11-13-33(14-12-32)29(37)23-6-4-3-5-7-23/h3-7,18,21-22H,8-17,20H2,1-2H3. The van der Waals surface area contributed by atoms with E-state index in [-0.39, 0.29) is 17.9 Å². The van der Waals surface area contributed by atoms with Gasteiger partial charge in [0.1, 0.15) is 11.9 Å². The molecule has 5 rings (SSSR count). The Morgan fingerprint density at radius 3 is 2.39 bits per heavy atom. The molecule has 38 heavy (non-hydrogen) atoms. The Morgan fingerprint density at radius 1 is 1.05 bits per heavy atom. The number of anilines is 2. The smallest absolute Gasteiger partial charge is 0.253 e. The van der Waals surface area contributed by atoms with E-state index >= 15 is 0 Å². The molecule has 2 amide bonds. The van der Waals surface area contributed by atoms with E-state index in [1.54, 1.807) is 7.11 Å². The highest BCUT2D eigenvalue weighted by Crippen LogP contribution is 2.45. The van der Waals surface area contributed by atoms with E-state index in [0.717, 1.165) is 30.0 Å². The zero-order chi connectivity index (χ0) is 26.6. The van der Waals surface area contributed by atoms with Gasteiger partial charge in [-0.05, 0) is 38.0 Å². The van der Waals surface area contributed by atoms with Gasteiger partial charge in [0.2, 0.25) is 5.91 Å². The largest absolute Gasteiger partial charge is 0.384 e. The molecule has 2 saturated heterocycles. The summed E-state index contributed by atoms with van der Waals surface area (Å²) < 4.78 is 5.07. The summed E-state index contributed by atoms with van der Waals surface area (Å²) >= 11 is 0. The summed E-state index contributed by atoms with van der Waals surface area (Å²) in [6.07, 6.45) is 2.60. The molecule has 3 heterocycles. The van der Waals surface area contributed by atoms with Crippen LogP contribution in [0.25, 0.3) is 0 Å². The third kappa shape index (κ3) is 5.46. The second-order valence-corrected chi connectivity index (χ2v) is 10.4. The minimum absolute atomic E-state index is 0.0285. The van der Waals surface area contributed by atoms with Gasteiger partial charge < -0.3 is 24.3 Å². The van der Waals surface area contributed by atoms with Gasteiger partial charge in [0.25, 0.3) is 5.91 Å². The third-order valence-corrected chi connectivity index (χ3v) is 7.79. The first kappa shape index (κ1) is 26.0. The Labute approximate surface area is 224 Å². The molecule has 0 spiro atoms. The fourth-order valence-electron chi connectivity index (χ4n) is 5.51. The SMILES string of the molecule is COCCC(=O)N1CCN(c2nc(C3CC3)c(N3CCN(C(=O)c4ccccc4)CC3)cc2C#N)CC1C. The summed E-state index contributed by atoms with van der Waals surface area (Å²) in [6.45, 7) is 7.07. The van der Waals surface area contributed by atoms with Gasteiger partial charge >= 0.3 is 0 Å². The van der Waals surface area contributed by atoms with Crippen molar-refractivity contribution < 1.29 is 14.3 Å². The molecule has 0 N–H and O–H groups in total. The van der Waals surface area contributed by atoms with Crippen molar-refractivity contribution in [3.63, 3.8) is 0 Å². The van der Waals surface area contributed by atoms with Crippen molar-refractivity contribution in [2.24, 2.45) is 0 Å². The lowest BCUT2D eigenvalue weighted by molar-refractivity contribution is -0.134. The quantitative estimate of drug-likeness (QED) is 0.559. The lowest BCUT2D eigenvalue weighted by Gasteiger charge is -2.41. The highest BCUT2D eigenvalue weighted by Gasteiger charge is 2.35. The summed E-state index contributed by atoms with van der Waals surface area (Å²) in [4.78, 5) is 38.9. The van der Waals surface area contributed by atoms with Crippen LogP contribution in [-0.2, 0) is 9.53 Å². The number of carbonyl (C=O) groups excluding carboxylic acids is 2. The van der Waals surface area contributed by atoms with Gasteiger partial charge in [0.05, 0.1) is 30.0 Å². The minimum Gasteiger partial charge on any atom is -0.384 e. The fourth-order valence-corrected chi connectivity index (χ4v) is 5.51. The average molecular weight is 517 g/mol. The van der Waals surface area contributed by atoms with Crippen LogP contribution in [0.15, 0.2) is 36.4 Å². The van der Waals surface area contributed by atoms with E-state index < -0.39 is 0 Å². The number of aromatic nitrogens is 1. The Balaban J connectivity index is 1.31. The topological polar surface area (TPSA) is 93.0 Å². The van der Waals surface area contributed by atoms with Crippen molar-refractivity contribution >= 4 is 23.3 Å². The van der Waals surface area contributed by atoms with E-state index in [9.17, 15) is 14.9 Å². The molecule has 1 saturated carbocycles. The van der Waals surface area contributed by atoms with Gasteiger partial charge in [-0.2, -0.15) is 5.26 Å². The molecule has 0 radical (unpaired) electrons. The molecule has 2 aliphatic heterocycles. The first-order valence-corrected chi connectivity index (χ1v) is 13.6. The summed E-state index contributed by atoms with van der Waals surface area (Å²) in [5.74, 6) is 1.31. The van der Waals surface area contributed by atoms with E-state index in [1.807, 2.05) is 46.2 Å². The first-order chi connectivity index (χ1) is 18.5. The molecule has 200 valence electrons. The van der Waals surface area contributed by atoms with E-state index in [0.29, 0.717) is 75.9 Å². The molecular formula is C29H36N6O3. The zero-order valence-electron chi connectivity index (χ0n) is 22.3. The van der Waals surface area contributed by atoms with Crippen LogP contribution in [0.5, 0.6) is 0 Å². The van der Waals surface area contributed by atoms with Crippen LogP contribution < -0.4 is 9.80 Å². The average Bonchev–Trinajstić information content (AvgIpc) is 3.81. The summed E-state index contributed by atoms with van der Waals surface area (Å²) in [6, 6.07) is 13.8. The van der Waals surface area contributed by atoms with Crippen LogP contribution in [0.4, 0.5) is 11.5 Å². The number of nitrogens with zero attached hydrogens (tertiary/aromatic N) is 6. The van der Waals surface area contributed by atoms with Gasteiger partial charge in [-0.1, -0.05) is 18.2 Å². The number of methoxy groups -OCH3 is 1. The van der Waals surface area contributed by atoms with E-state index in [4.69, 9.17) is 9.72 Å². The maximum atomic E-state index is 12.9. The number of hydrogen-bond acceptors (Lipinski definition) is 7. The minimum atomic E-state index is 0.0285. The molecule has 9 heteroatoms. The van der Waals surface area contributed by atoms with Crippen molar-refractivity contribution in [1.29, 1.82) is 5.26 Å². The predicted octanol–water partition coefficient (Wildman–Crippen LogP) is 2.87. The number of nitriles is 1. The molecular weight excluding hydrogens is 480 g/mol. The summed E-state index contributed by atoms with van der Waals surface area (Å²) in [5, 5.41) is 10.1. The van der Waals surface area contributed by atoms with Gasteiger partial charge in [0, 0.05) is 70.4 Å². The highest BCUT2D eigenvalue weighted by molar-refractivity contribution is 5.94. The Hall–Kier alpha value is -3.64. The molecule has 0 bridgehead atoms. The predicted molar refractivity (Wildman–Crippen MR) is 145 cm³/mol. The number of carbonyl (C=O) groups is 2. The second kappa shape index (κ2) is 11.4. The number of pyridine rings is 1. The van der Waals surface area contributed by atoms with Gasteiger partial charge in [-0.15, -0.1) is 0 Å². The van der Waals surface area contributed by atoms with Crippen LogP contribution >= 0.6 is 0 Å². The van der Waals surface area contributed by atoms with Crippen LogP contribution in [0.2, 0.25) is 0 Å². The highest BCUT2D eigenvalue weighted by atomic mass is 16.5. The first-order valence-electron chi connectivity index (χ1n) is 13.6. The summed E-state index contributed by atoms with van der Waals surface area (Å²) in [7, 11) is 1.61. The number of hydrogen-bond donors (Lipinski definition) is 0. The van der Waals surface area contributed by atoms with E-state index in [1.165, 1.54) is 0 Å². The number of benzene rings is 1. The van der Waals surface area contributed by atoms with Gasteiger partial charge in [-0.25, -0.2) is 4.98 Å².